The van der Waals surface area contributed by atoms with Gasteiger partial charge in [-0.15, -0.1) is 0 Å². The lowest BCUT2D eigenvalue weighted by atomic mass is 9.66. The topological polar surface area (TPSA) is 122 Å². The van der Waals surface area contributed by atoms with Gasteiger partial charge < -0.3 is 19.9 Å². The quantitative estimate of drug-likeness (QED) is 0.329. The van der Waals surface area contributed by atoms with Crippen molar-refractivity contribution < 1.29 is 33.4 Å². The van der Waals surface area contributed by atoms with E-state index in [0.717, 1.165) is 38.5 Å². The Bertz CT molecular complexity index is 574. The van der Waals surface area contributed by atoms with Gasteiger partial charge in [0.15, 0.2) is 0 Å². The van der Waals surface area contributed by atoms with Crippen molar-refractivity contribution in [1.29, 1.82) is 0 Å². The van der Waals surface area contributed by atoms with Gasteiger partial charge in [-0.2, -0.15) is 0 Å². The maximum Gasteiger partial charge on any atom is 0.313 e. The Morgan fingerprint density at radius 2 is 1.34 bits per heavy atom. The van der Waals surface area contributed by atoms with E-state index in [9.17, 15) is 19.2 Å². The molecule has 2 aliphatic carbocycles. The molecule has 0 aliphatic heterocycles. The van der Waals surface area contributed by atoms with Crippen molar-refractivity contribution in [2.24, 2.45) is 16.6 Å². The van der Waals surface area contributed by atoms with Crippen LogP contribution in [0.2, 0.25) is 0 Å². The van der Waals surface area contributed by atoms with E-state index in [1.165, 1.54) is 7.11 Å². The molecular weight excluding hydrogens is 378 g/mol. The van der Waals surface area contributed by atoms with Crippen LogP contribution in [-0.2, 0) is 33.4 Å². The number of nitrogens with two attached hydrogens (primary N) is 1. The van der Waals surface area contributed by atoms with Crippen LogP contribution in [0.5, 0.6) is 0 Å². The fraction of sp³-hybridized carbons (Fsp3) is 0.810. The van der Waals surface area contributed by atoms with Crippen LogP contribution in [0, 0.1) is 10.8 Å². The van der Waals surface area contributed by atoms with Crippen LogP contribution < -0.4 is 5.73 Å². The average molecular weight is 414 g/mol. The molecule has 0 atom stereocenters. The smallest absolute Gasteiger partial charge is 0.313 e. The lowest BCUT2D eigenvalue weighted by Crippen LogP contribution is -2.45. The molecule has 0 heterocycles. The third-order valence-corrected chi connectivity index (χ3v) is 5.88. The van der Waals surface area contributed by atoms with E-state index >= 15 is 0 Å². The second-order valence-electron chi connectivity index (χ2n) is 7.70. The van der Waals surface area contributed by atoms with E-state index in [2.05, 4.69) is 4.74 Å². The van der Waals surface area contributed by atoms with Crippen LogP contribution in [0.25, 0.3) is 0 Å². The molecule has 0 aromatic rings. The molecule has 0 bridgehead atoms. The van der Waals surface area contributed by atoms with Gasteiger partial charge in [0, 0.05) is 13.0 Å². The fourth-order valence-corrected chi connectivity index (χ4v) is 3.52. The van der Waals surface area contributed by atoms with Crippen LogP contribution in [0.4, 0.5) is 0 Å². The summed E-state index contributed by atoms with van der Waals surface area (Å²) in [6.07, 6.45) is 5.95. The maximum atomic E-state index is 11.8. The van der Waals surface area contributed by atoms with Crippen molar-refractivity contribution in [3.05, 3.63) is 0 Å². The van der Waals surface area contributed by atoms with E-state index in [1.54, 1.807) is 6.92 Å². The third kappa shape index (κ3) is 6.80. The van der Waals surface area contributed by atoms with E-state index < -0.39 is 11.4 Å². The van der Waals surface area contributed by atoms with Gasteiger partial charge in [-0.1, -0.05) is 12.8 Å². The number of Topliss-reactive ketones (excluding diaryl/α,β-unsaturated/α-hetero) is 1. The Labute approximate surface area is 172 Å². The second kappa shape index (κ2) is 11.9. The molecule has 8 heteroatoms. The Balaban J connectivity index is 0.000000326. The van der Waals surface area contributed by atoms with Crippen LogP contribution in [0.3, 0.4) is 0 Å². The van der Waals surface area contributed by atoms with Gasteiger partial charge >= 0.3 is 17.9 Å². The molecule has 0 aromatic carbocycles. The largest absolute Gasteiger partial charge is 0.469 e. The van der Waals surface area contributed by atoms with Crippen LogP contribution >= 0.6 is 0 Å². The van der Waals surface area contributed by atoms with Crippen molar-refractivity contribution in [3.63, 3.8) is 0 Å². The van der Waals surface area contributed by atoms with E-state index in [1.807, 2.05) is 6.92 Å². The molecule has 8 nitrogen and oxygen atoms in total. The van der Waals surface area contributed by atoms with Crippen molar-refractivity contribution >= 4 is 23.7 Å². The van der Waals surface area contributed by atoms with Crippen LogP contribution in [0.1, 0.15) is 71.6 Å². The van der Waals surface area contributed by atoms with Gasteiger partial charge in [0.2, 0.25) is 0 Å². The van der Waals surface area contributed by atoms with Gasteiger partial charge in [0.1, 0.15) is 12.2 Å². The number of ketones is 1. The summed E-state index contributed by atoms with van der Waals surface area (Å²) in [5.74, 6) is -1.02. The normalized spacial score (nSPS) is 18.1. The summed E-state index contributed by atoms with van der Waals surface area (Å²) in [7, 11) is 1.25. The number of rotatable bonds is 10. The predicted octanol–water partition coefficient (Wildman–Crippen LogP) is 2.31. The van der Waals surface area contributed by atoms with Gasteiger partial charge in [-0.25, -0.2) is 0 Å². The number of hydrogen-bond donors (Lipinski definition) is 1. The molecule has 0 unspecified atom stereocenters. The molecule has 0 radical (unpaired) electrons. The first-order valence-electron chi connectivity index (χ1n) is 10.4. The highest BCUT2D eigenvalue weighted by atomic mass is 16.5. The number of carbonyl (C=O) groups is 4. The number of esters is 3. The van der Waals surface area contributed by atoms with E-state index in [0.29, 0.717) is 26.2 Å². The summed E-state index contributed by atoms with van der Waals surface area (Å²) < 4.78 is 14.4. The first-order chi connectivity index (χ1) is 13.8. The monoisotopic (exact) mass is 413 g/mol. The van der Waals surface area contributed by atoms with Crippen molar-refractivity contribution in [2.45, 2.75) is 71.6 Å². The molecule has 0 saturated heterocycles. The van der Waals surface area contributed by atoms with Crippen molar-refractivity contribution in [1.82, 2.24) is 0 Å². The minimum atomic E-state index is -0.529. The SMILES string of the molecule is CCOC(=O)C1(CCC(=O)CC(=O)OC)CCC1.CCOC(=O)C1(CN)CCC1. The standard InChI is InChI=1S/C13H20O5.C8H15NO2/c1-3-18-12(16)13(6-4-7-13)8-5-10(14)9-11(15)17-2;1-2-11-7(10)8(6-9)4-3-5-8/h3-9H2,1-2H3;2-6,9H2,1H3. The second-order valence-corrected chi connectivity index (χ2v) is 7.70. The lowest BCUT2D eigenvalue weighted by Gasteiger charge is -2.39. The van der Waals surface area contributed by atoms with E-state index in [4.69, 9.17) is 15.2 Å². The minimum absolute atomic E-state index is 0.103. The van der Waals surface area contributed by atoms with Gasteiger partial charge in [0.05, 0.1) is 31.2 Å². The molecule has 2 saturated carbocycles. The first-order valence-corrected chi connectivity index (χ1v) is 10.4. The molecular formula is C21H35NO7. The highest BCUT2D eigenvalue weighted by Crippen LogP contribution is 2.46. The summed E-state index contributed by atoms with van der Waals surface area (Å²) in [5, 5.41) is 0. The zero-order chi connectivity index (χ0) is 21.9. The van der Waals surface area contributed by atoms with Crippen molar-refractivity contribution in [3.8, 4) is 0 Å². The molecule has 2 fully saturated rings. The molecule has 0 aromatic heterocycles. The summed E-state index contributed by atoms with van der Waals surface area (Å²) >= 11 is 0. The molecule has 166 valence electrons. The predicted molar refractivity (Wildman–Crippen MR) is 106 cm³/mol. The fourth-order valence-electron chi connectivity index (χ4n) is 3.52. The maximum absolute atomic E-state index is 11.8. The lowest BCUT2D eigenvalue weighted by molar-refractivity contribution is -0.162. The van der Waals surface area contributed by atoms with Gasteiger partial charge in [-0.3, -0.25) is 19.2 Å². The molecule has 2 N–H and O–H groups in total. The molecule has 2 rings (SSSR count). The Morgan fingerprint density at radius 3 is 1.69 bits per heavy atom. The third-order valence-electron chi connectivity index (χ3n) is 5.88. The summed E-state index contributed by atoms with van der Waals surface area (Å²) in [6.45, 7) is 4.84. The molecule has 0 amide bonds. The van der Waals surface area contributed by atoms with Gasteiger partial charge in [0.25, 0.3) is 0 Å². The molecule has 2 aliphatic rings. The Kier molecular flexibility index (Phi) is 10.3. The summed E-state index contributed by atoms with van der Waals surface area (Å²) in [4.78, 5) is 45.5. The van der Waals surface area contributed by atoms with E-state index in [-0.39, 0.29) is 36.0 Å². The summed E-state index contributed by atoms with van der Waals surface area (Å²) in [5.41, 5.74) is 4.71. The van der Waals surface area contributed by atoms with Gasteiger partial charge in [-0.05, 0) is 46.0 Å². The Hall–Kier alpha value is -1.96. The zero-order valence-electron chi connectivity index (χ0n) is 17.9. The highest BCUT2D eigenvalue weighted by Gasteiger charge is 2.45. The zero-order valence-corrected chi connectivity index (χ0v) is 17.9. The number of carbonyl (C=O) groups excluding carboxylic acids is 4. The summed E-state index contributed by atoms with van der Waals surface area (Å²) in [6, 6.07) is 0. The first kappa shape index (κ1) is 25.1. The average Bonchev–Trinajstić information content (AvgIpc) is 2.61. The molecule has 0 spiro atoms. The van der Waals surface area contributed by atoms with Crippen LogP contribution in [-0.4, -0.2) is 50.6 Å². The minimum Gasteiger partial charge on any atom is -0.469 e. The highest BCUT2D eigenvalue weighted by molar-refractivity contribution is 5.95. The number of hydrogen-bond acceptors (Lipinski definition) is 8. The molecule has 29 heavy (non-hydrogen) atoms. The Morgan fingerprint density at radius 1 is 0.862 bits per heavy atom. The number of ether oxygens (including phenoxy) is 3. The number of methoxy groups -OCH3 is 1. The van der Waals surface area contributed by atoms with Crippen LogP contribution in [0.15, 0.2) is 0 Å². The van der Waals surface area contributed by atoms with Crippen molar-refractivity contribution in [2.75, 3.05) is 26.9 Å².